The van der Waals surface area contributed by atoms with Crippen LogP contribution < -0.4 is 15.4 Å². The van der Waals surface area contributed by atoms with Crippen LogP contribution in [-0.2, 0) is 19.6 Å². The van der Waals surface area contributed by atoms with E-state index in [4.69, 9.17) is 4.74 Å². The lowest BCUT2D eigenvalue weighted by molar-refractivity contribution is -0.127. The first-order valence-corrected chi connectivity index (χ1v) is 13.2. The lowest BCUT2D eigenvalue weighted by Crippen LogP contribution is -2.45. The topological polar surface area (TPSA) is 105 Å². The normalized spacial score (nSPS) is 23.2. The van der Waals surface area contributed by atoms with Crippen LogP contribution in [0, 0.1) is 12.8 Å². The molecular formula is C23H33N3O5S. The van der Waals surface area contributed by atoms with E-state index in [1.165, 1.54) is 16.8 Å². The van der Waals surface area contributed by atoms with Gasteiger partial charge in [0.1, 0.15) is 5.75 Å². The third-order valence-electron chi connectivity index (χ3n) is 6.86. The fourth-order valence-electron chi connectivity index (χ4n) is 4.89. The number of ether oxygens (including phenoxy) is 1. The van der Waals surface area contributed by atoms with Crippen molar-refractivity contribution in [2.24, 2.45) is 5.92 Å². The predicted molar refractivity (Wildman–Crippen MR) is 121 cm³/mol. The standard InChI is InChI=1S/C23H33N3O5S/c1-3-19-23(28)25-18-13-15(2)21(14-20(18)31-19)32(29,30)26-11-9-16(10-12-26)22(27)24-17-7-5-4-6-8-17/h13-14,16-17,19H,3-12H2,1-2H3,(H,24,27)(H,25,28)/t19-/m0/s1. The first-order valence-electron chi connectivity index (χ1n) is 11.7. The molecular weight excluding hydrogens is 430 g/mol. The number of rotatable bonds is 5. The molecule has 0 aromatic heterocycles. The fraction of sp³-hybridized carbons (Fsp3) is 0.652. The lowest BCUT2D eigenvalue weighted by atomic mass is 9.93. The molecule has 2 aliphatic heterocycles. The Kier molecular flexibility index (Phi) is 6.76. The van der Waals surface area contributed by atoms with Crippen LogP contribution in [0.15, 0.2) is 17.0 Å². The quantitative estimate of drug-likeness (QED) is 0.699. The molecule has 0 unspecified atom stereocenters. The molecule has 2 amide bonds. The van der Waals surface area contributed by atoms with E-state index < -0.39 is 16.1 Å². The van der Waals surface area contributed by atoms with E-state index in [0.717, 1.165) is 25.7 Å². The molecule has 8 nitrogen and oxygen atoms in total. The van der Waals surface area contributed by atoms with E-state index in [2.05, 4.69) is 10.6 Å². The summed E-state index contributed by atoms with van der Waals surface area (Å²) >= 11 is 0. The summed E-state index contributed by atoms with van der Waals surface area (Å²) in [7, 11) is -3.73. The van der Waals surface area contributed by atoms with Gasteiger partial charge in [0.15, 0.2) is 6.10 Å². The Morgan fingerprint density at radius 2 is 1.84 bits per heavy atom. The summed E-state index contributed by atoms with van der Waals surface area (Å²) in [5, 5.41) is 5.97. The summed E-state index contributed by atoms with van der Waals surface area (Å²) in [5.41, 5.74) is 1.05. The summed E-state index contributed by atoms with van der Waals surface area (Å²) in [6.07, 6.45) is 6.55. The highest BCUT2D eigenvalue weighted by Crippen LogP contribution is 2.36. The van der Waals surface area contributed by atoms with Crippen molar-refractivity contribution in [2.45, 2.75) is 82.3 Å². The van der Waals surface area contributed by atoms with E-state index >= 15 is 0 Å². The summed E-state index contributed by atoms with van der Waals surface area (Å²) in [5.74, 6) is 0.0801. The van der Waals surface area contributed by atoms with Gasteiger partial charge in [-0.25, -0.2) is 8.42 Å². The lowest BCUT2D eigenvalue weighted by Gasteiger charge is -2.33. The van der Waals surface area contributed by atoms with Gasteiger partial charge >= 0.3 is 0 Å². The molecule has 1 atom stereocenters. The molecule has 0 bridgehead atoms. The number of anilines is 1. The second-order valence-electron chi connectivity index (χ2n) is 9.14. The van der Waals surface area contributed by atoms with Crippen LogP contribution in [0.25, 0.3) is 0 Å². The van der Waals surface area contributed by atoms with Gasteiger partial charge < -0.3 is 15.4 Å². The number of carbonyl (C=O) groups excluding carboxylic acids is 2. The van der Waals surface area contributed by atoms with Gasteiger partial charge in [-0.2, -0.15) is 4.31 Å². The number of nitrogens with one attached hydrogen (secondary N) is 2. The molecule has 3 aliphatic rings. The Morgan fingerprint density at radius 3 is 2.50 bits per heavy atom. The van der Waals surface area contributed by atoms with Gasteiger partial charge in [-0.1, -0.05) is 26.2 Å². The molecule has 1 saturated heterocycles. The zero-order valence-corrected chi connectivity index (χ0v) is 19.7. The van der Waals surface area contributed by atoms with Gasteiger partial charge in [0.2, 0.25) is 15.9 Å². The summed E-state index contributed by atoms with van der Waals surface area (Å²) < 4.78 is 34.0. The first kappa shape index (κ1) is 23.0. The highest BCUT2D eigenvalue weighted by atomic mass is 32.2. The maximum atomic E-state index is 13.4. The van der Waals surface area contributed by atoms with Crippen molar-refractivity contribution in [3.63, 3.8) is 0 Å². The Balaban J connectivity index is 1.43. The largest absolute Gasteiger partial charge is 0.478 e. The molecule has 1 saturated carbocycles. The number of benzene rings is 1. The van der Waals surface area contributed by atoms with Crippen molar-refractivity contribution in [3.8, 4) is 5.75 Å². The average Bonchev–Trinajstić information content (AvgIpc) is 2.79. The zero-order valence-electron chi connectivity index (χ0n) is 18.9. The van der Waals surface area contributed by atoms with Gasteiger partial charge in [-0.05, 0) is 50.7 Å². The minimum absolute atomic E-state index is 0.0636. The molecule has 1 aromatic carbocycles. The maximum absolute atomic E-state index is 13.4. The fourth-order valence-corrected chi connectivity index (χ4v) is 6.59. The van der Waals surface area contributed by atoms with Crippen LogP contribution in [0.3, 0.4) is 0 Å². The minimum Gasteiger partial charge on any atom is -0.478 e. The number of nitrogens with zero attached hydrogens (tertiary/aromatic N) is 1. The molecule has 0 spiro atoms. The van der Waals surface area contributed by atoms with E-state index in [1.54, 1.807) is 13.0 Å². The van der Waals surface area contributed by atoms with Crippen molar-refractivity contribution in [1.82, 2.24) is 9.62 Å². The molecule has 2 N–H and O–H groups in total. The minimum atomic E-state index is -3.73. The van der Waals surface area contributed by atoms with Gasteiger partial charge in [0.25, 0.3) is 5.91 Å². The summed E-state index contributed by atoms with van der Waals surface area (Å²) in [6, 6.07) is 3.43. The van der Waals surface area contributed by atoms with Crippen LogP contribution >= 0.6 is 0 Å². The smallest absolute Gasteiger partial charge is 0.265 e. The highest BCUT2D eigenvalue weighted by molar-refractivity contribution is 7.89. The third kappa shape index (κ3) is 4.64. The maximum Gasteiger partial charge on any atom is 0.265 e. The van der Waals surface area contributed by atoms with Crippen molar-refractivity contribution in [1.29, 1.82) is 0 Å². The molecule has 32 heavy (non-hydrogen) atoms. The van der Waals surface area contributed by atoms with Crippen LogP contribution in [0.2, 0.25) is 0 Å². The Labute approximate surface area is 190 Å². The number of hydrogen-bond acceptors (Lipinski definition) is 5. The van der Waals surface area contributed by atoms with Gasteiger partial charge in [-0.3, -0.25) is 9.59 Å². The Hall–Kier alpha value is -2.13. The number of carbonyl (C=O) groups is 2. The number of hydrogen-bond donors (Lipinski definition) is 2. The Bertz CT molecular complexity index is 980. The molecule has 9 heteroatoms. The zero-order chi connectivity index (χ0) is 22.9. The van der Waals surface area contributed by atoms with Crippen molar-refractivity contribution in [2.75, 3.05) is 18.4 Å². The average molecular weight is 464 g/mol. The van der Waals surface area contributed by atoms with Gasteiger partial charge in [0.05, 0.1) is 10.6 Å². The third-order valence-corrected chi connectivity index (χ3v) is 8.90. The molecule has 0 radical (unpaired) electrons. The van der Waals surface area contributed by atoms with E-state index in [9.17, 15) is 18.0 Å². The second-order valence-corrected chi connectivity index (χ2v) is 11.0. The van der Waals surface area contributed by atoms with E-state index in [0.29, 0.717) is 49.4 Å². The molecule has 1 aromatic rings. The Morgan fingerprint density at radius 1 is 1.16 bits per heavy atom. The number of sulfonamides is 1. The molecule has 2 heterocycles. The number of amides is 2. The van der Waals surface area contributed by atoms with E-state index in [1.807, 2.05) is 6.92 Å². The van der Waals surface area contributed by atoms with Crippen molar-refractivity contribution >= 4 is 27.5 Å². The van der Waals surface area contributed by atoms with Gasteiger partial charge in [-0.15, -0.1) is 0 Å². The van der Waals surface area contributed by atoms with Crippen LogP contribution in [0.4, 0.5) is 5.69 Å². The van der Waals surface area contributed by atoms with Crippen LogP contribution in [-0.4, -0.2) is 49.8 Å². The predicted octanol–water partition coefficient (Wildman–Crippen LogP) is 2.95. The van der Waals surface area contributed by atoms with Crippen molar-refractivity contribution in [3.05, 3.63) is 17.7 Å². The second kappa shape index (κ2) is 9.39. The SMILES string of the molecule is CC[C@@H]1Oc2cc(S(=O)(=O)N3CCC(C(=O)NC4CCCCC4)CC3)c(C)cc2NC1=O. The molecule has 176 valence electrons. The number of piperidine rings is 1. The van der Waals surface area contributed by atoms with E-state index in [-0.39, 0.29) is 28.7 Å². The van der Waals surface area contributed by atoms with Crippen LogP contribution in [0.5, 0.6) is 5.75 Å². The molecule has 2 fully saturated rings. The molecule has 1 aliphatic carbocycles. The molecule has 4 rings (SSSR count). The number of aryl methyl sites for hydroxylation is 1. The summed E-state index contributed by atoms with van der Waals surface area (Å²) in [6.45, 7) is 4.19. The first-order chi connectivity index (χ1) is 15.3. The monoisotopic (exact) mass is 463 g/mol. The highest BCUT2D eigenvalue weighted by Gasteiger charge is 2.35. The van der Waals surface area contributed by atoms with Crippen LogP contribution in [0.1, 0.15) is 63.9 Å². The van der Waals surface area contributed by atoms with Gasteiger partial charge in [0, 0.05) is 31.1 Å². The number of fused-ring (bicyclic) bond motifs is 1. The summed E-state index contributed by atoms with van der Waals surface area (Å²) in [4.78, 5) is 24.9. The van der Waals surface area contributed by atoms with Crippen molar-refractivity contribution < 1.29 is 22.7 Å².